The van der Waals surface area contributed by atoms with Gasteiger partial charge in [0.05, 0.1) is 5.75 Å². The summed E-state index contributed by atoms with van der Waals surface area (Å²) < 4.78 is 21.4. The van der Waals surface area contributed by atoms with Crippen molar-refractivity contribution in [2.45, 2.75) is 4.90 Å². The quantitative estimate of drug-likeness (QED) is 0.763. The SMILES string of the molecule is CSc1ccccc1NCCS(N)(=O)=O. The molecule has 0 spiro atoms. The van der Waals surface area contributed by atoms with Crippen LogP contribution in [0.4, 0.5) is 5.69 Å². The number of nitrogens with two attached hydrogens (primary N) is 1. The topological polar surface area (TPSA) is 72.2 Å². The molecule has 0 saturated carbocycles. The highest BCUT2D eigenvalue weighted by Gasteiger charge is 2.03. The fraction of sp³-hybridized carbons (Fsp3) is 0.333. The first-order chi connectivity index (χ1) is 7.03. The standard InChI is InChI=1S/C9H14N2O2S2/c1-14-9-5-3-2-4-8(9)11-6-7-15(10,12)13/h2-5,11H,6-7H2,1H3,(H2,10,12,13). The number of anilines is 1. The Balaban J connectivity index is 2.58. The van der Waals surface area contributed by atoms with Crippen molar-refractivity contribution >= 4 is 27.5 Å². The van der Waals surface area contributed by atoms with Gasteiger partial charge in [-0.05, 0) is 18.4 Å². The number of sulfonamides is 1. The van der Waals surface area contributed by atoms with Gasteiger partial charge in [-0.3, -0.25) is 0 Å². The molecule has 6 heteroatoms. The van der Waals surface area contributed by atoms with E-state index in [-0.39, 0.29) is 5.75 Å². The van der Waals surface area contributed by atoms with E-state index in [1.807, 2.05) is 30.5 Å². The lowest BCUT2D eigenvalue weighted by Crippen LogP contribution is -2.22. The summed E-state index contributed by atoms with van der Waals surface area (Å²) in [6.45, 7) is 0.330. The Morgan fingerprint density at radius 1 is 1.40 bits per heavy atom. The van der Waals surface area contributed by atoms with Gasteiger partial charge in [-0.15, -0.1) is 11.8 Å². The number of para-hydroxylation sites is 1. The molecule has 0 aliphatic carbocycles. The van der Waals surface area contributed by atoms with Crippen LogP contribution in [-0.2, 0) is 10.0 Å². The van der Waals surface area contributed by atoms with Crippen LogP contribution in [0.5, 0.6) is 0 Å². The van der Waals surface area contributed by atoms with E-state index in [1.165, 1.54) is 0 Å². The number of nitrogens with one attached hydrogen (secondary N) is 1. The zero-order valence-electron chi connectivity index (χ0n) is 8.43. The highest BCUT2D eigenvalue weighted by molar-refractivity contribution is 7.98. The molecule has 0 amide bonds. The van der Waals surface area contributed by atoms with E-state index in [4.69, 9.17) is 5.14 Å². The molecule has 3 N–H and O–H groups in total. The van der Waals surface area contributed by atoms with Gasteiger partial charge >= 0.3 is 0 Å². The van der Waals surface area contributed by atoms with Crippen LogP contribution in [0.15, 0.2) is 29.2 Å². The van der Waals surface area contributed by atoms with E-state index < -0.39 is 10.0 Å². The van der Waals surface area contributed by atoms with Gasteiger partial charge in [-0.25, -0.2) is 13.6 Å². The first kappa shape index (κ1) is 12.4. The van der Waals surface area contributed by atoms with Gasteiger partial charge in [-0.1, -0.05) is 12.1 Å². The Bertz CT molecular complexity index is 418. The molecule has 4 nitrogen and oxygen atoms in total. The molecule has 0 atom stereocenters. The van der Waals surface area contributed by atoms with Gasteiger partial charge in [0.1, 0.15) is 0 Å². The van der Waals surface area contributed by atoms with E-state index in [9.17, 15) is 8.42 Å². The van der Waals surface area contributed by atoms with E-state index in [0.717, 1.165) is 10.6 Å². The number of thioether (sulfide) groups is 1. The van der Waals surface area contributed by atoms with Crippen LogP contribution in [0.1, 0.15) is 0 Å². The van der Waals surface area contributed by atoms with Gasteiger partial charge in [0.2, 0.25) is 10.0 Å². The van der Waals surface area contributed by atoms with E-state index >= 15 is 0 Å². The Labute approximate surface area is 94.3 Å². The molecule has 0 aliphatic rings. The van der Waals surface area contributed by atoms with Crippen molar-refractivity contribution in [2.75, 3.05) is 23.9 Å². The van der Waals surface area contributed by atoms with Crippen molar-refractivity contribution in [3.63, 3.8) is 0 Å². The molecule has 0 aromatic heterocycles. The lowest BCUT2D eigenvalue weighted by molar-refractivity contribution is 0.598. The van der Waals surface area contributed by atoms with Crippen LogP contribution in [0, 0.1) is 0 Å². The Morgan fingerprint density at radius 3 is 2.67 bits per heavy atom. The third-order valence-electron chi connectivity index (χ3n) is 1.81. The van der Waals surface area contributed by atoms with Gasteiger partial charge in [0.25, 0.3) is 0 Å². The summed E-state index contributed by atoms with van der Waals surface area (Å²) in [5.74, 6) is -0.0598. The largest absolute Gasteiger partial charge is 0.383 e. The molecule has 0 heterocycles. The molecule has 0 radical (unpaired) electrons. The molecule has 0 aliphatic heterocycles. The second kappa shape index (κ2) is 5.39. The molecular weight excluding hydrogens is 232 g/mol. The maximum absolute atomic E-state index is 10.7. The molecular formula is C9H14N2O2S2. The Kier molecular flexibility index (Phi) is 4.44. The minimum absolute atomic E-state index is 0.0598. The first-order valence-corrected chi connectivity index (χ1v) is 7.34. The van der Waals surface area contributed by atoms with Crippen LogP contribution >= 0.6 is 11.8 Å². The van der Waals surface area contributed by atoms with Crippen molar-refractivity contribution in [2.24, 2.45) is 5.14 Å². The predicted molar refractivity (Wildman–Crippen MR) is 64.7 cm³/mol. The summed E-state index contributed by atoms with van der Waals surface area (Å²) in [5, 5.41) is 7.94. The van der Waals surface area contributed by atoms with Crippen LogP contribution in [-0.4, -0.2) is 27.0 Å². The zero-order valence-corrected chi connectivity index (χ0v) is 10.1. The van der Waals surface area contributed by atoms with Gasteiger partial charge in [-0.2, -0.15) is 0 Å². The van der Waals surface area contributed by atoms with Gasteiger partial charge in [0, 0.05) is 17.1 Å². The molecule has 0 unspecified atom stereocenters. The molecule has 0 fully saturated rings. The predicted octanol–water partition coefficient (Wildman–Crippen LogP) is 1.11. The summed E-state index contributed by atoms with van der Waals surface area (Å²) in [6.07, 6.45) is 1.97. The number of primary sulfonamides is 1. The molecule has 15 heavy (non-hydrogen) atoms. The lowest BCUT2D eigenvalue weighted by Gasteiger charge is -2.09. The fourth-order valence-electron chi connectivity index (χ4n) is 1.12. The van der Waals surface area contributed by atoms with Gasteiger partial charge < -0.3 is 5.32 Å². The van der Waals surface area contributed by atoms with Crippen LogP contribution < -0.4 is 10.5 Å². The molecule has 0 saturated heterocycles. The highest BCUT2D eigenvalue weighted by Crippen LogP contribution is 2.24. The summed E-state index contributed by atoms with van der Waals surface area (Å²) in [4.78, 5) is 1.09. The normalized spacial score (nSPS) is 11.3. The fourth-order valence-corrected chi connectivity index (χ4v) is 2.08. The number of hydrogen-bond donors (Lipinski definition) is 2. The lowest BCUT2D eigenvalue weighted by atomic mass is 10.3. The van der Waals surface area contributed by atoms with Crippen molar-refractivity contribution in [3.8, 4) is 0 Å². The third kappa shape index (κ3) is 4.55. The van der Waals surface area contributed by atoms with Crippen molar-refractivity contribution < 1.29 is 8.42 Å². The van der Waals surface area contributed by atoms with Crippen LogP contribution in [0.2, 0.25) is 0 Å². The van der Waals surface area contributed by atoms with Crippen molar-refractivity contribution in [3.05, 3.63) is 24.3 Å². The third-order valence-corrected chi connectivity index (χ3v) is 3.38. The minimum atomic E-state index is -3.38. The molecule has 1 aromatic rings. The molecule has 84 valence electrons. The first-order valence-electron chi connectivity index (χ1n) is 4.40. The van der Waals surface area contributed by atoms with Crippen molar-refractivity contribution in [1.29, 1.82) is 0 Å². The van der Waals surface area contributed by atoms with Crippen molar-refractivity contribution in [1.82, 2.24) is 0 Å². The highest BCUT2D eigenvalue weighted by atomic mass is 32.2. The van der Waals surface area contributed by atoms with E-state index in [2.05, 4.69) is 5.32 Å². The second-order valence-corrected chi connectivity index (χ2v) is 5.58. The zero-order chi connectivity index (χ0) is 11.3. The average Bonchev–Trinajstić information content (AvgIpc) is 2.16. The average molecular weight is 246 g/mol. The maximum atomic E-state index is 10.7. The summed E-state index contributed by atoms with van der Waals surface area (Å²) >= 11 is 1.61. The van der Waals surface area contributed by atoms with Gasteiger partial charge in [0.15, 0.2) is 0 Å². The smallest absolute Gasteiger partial charge is 0.210 e. The Morgan fingerprint density at radius 2 is 2.07 bits per heavy atom. The Hall–Kier alpha value is -0.720. The summed E-state index contributed by atoms with van der Waals surface area (Å²) in [5.41, 5.74) is 0.939. The minimum Gasteiger partial charge on any atom is -0.383 e. The summed E-state index contributed by atoms with van der Waals surface area (Å²) in [7, 11) is -3.38. The number of benzene rings is 1. The van der Waals surface area contributed by atoms with E-state index in [0.29, 0.717) is 6.54 Å². The van der Waals surface area contributed by atoms with E-state index in [1.54, 1.807) is 11.8 Å². The number of rotatable bonds is 5. The monoisotopic (exact) mass is 246 g/mol. The summed E-state index contributed by atoms with van der Waals surface area (Å²) in [6, 6.07) is 7.73. The maximum Gasteiger partial charge on any atom is 0.210 e. The molecule has 1 aromatic carbocycles. The second-order valence-electron chi connectivity index (χ2n) is 2.99. The molecule has 1 rings (SSSR count). The van der Waals surface area contributed by atoms with Crippen LogP contribution in [0.25, 0.3) is 0 Å². The van der Waals surface area contributed by atoms with Crippen LogP contribution in [0.3, 0.4) is 0 Å². The molecule has 0 bridgehead atoms. The number of hydrogen-bond acceptors (Lipinski definition) is 4.